The summed E-state index contributed by atoms with van der Waals surface area (Å²) < 4.78 is 40.5. The minimum atomic E-state index is -4.06. The Bertz CT molecular complexity index is 1400. The van der Waals surface area contributed by atoms with Crippen molar-refractivity contribution in [3.8, 4) is 11.6 Å². The number of hydrogen-bond donors (Lipinski definition) is 1. The van der Waals surface area contributed by atoms with Gasteiger partial charge < -0.3 is 9.47 Å². The van der Waals surface area contributed by atoms with Crippen molar-refractivity contribution in [1.29, 1.82) is 0 Å². The summed E-state index contributed by atoms with van der Waals surface area (Å²) in [4.78, 5) is 17.1. The molecule has 0 amide bonds. The first-order valence-electron chi connectivity index (χ1n) is 10.3. The Morgan fingerprint density at radius 2 is 1.76 bits per heavy atom. The van der Waals surface area contributed by atoms with Gasteiger partial charge in [0.2, 0.25) is 0 Å². The van der Waals surface area contributed by atoms with Crippen LogP contribution in [0.15, 0.2) is 71.8 Å². The molecule has 0 saturated carbocycles. The Morgan fingerprint density at radius 1 is 1.00 bits per heavy atom. The highest BCUT2D eigenvalue weighted by Gasteiger charge is 2.25. The third-order valence-electron chi connectivity index (χ3n) is 4.74. The van der Waals surface area contributed by atoms with Gasteiger partial charge in [-0.05, 0) is 56.3 Å². The molecule has 0 fully saturated rings. The monoisotopic (exact) mass is 466 g/mol. The number of carbonyl (C=O) groups is 1. The van der Waals surface area contributed by atoms with Crippen LogP contribution in [0.1, 0.15) is 24.2 Å². The molecule has 0 aliphatic carbocycles. The van der Waals surface area contributed by atoms with Crippen LogP contribution in [0.3, 0.4) is 0 Å². The van der Waals surface area contributed by atoms with Gasteiger partial charge in [0, 0.05) is 5.39 Å². The Hall–Kier alpha value is -3.92. The molecule has 0 aliphatic heterocycles. The molecule has 33 heavy (non-hydrogen) atoms. The van der Waals surface area contributed by atoms with E-state index in [1.54, 1.807) is 25.1 Å². The molecule has 0 radical (unpaired) electrons. The summed E-state index contributed by atoms with van der Waals surface area (Å²) >= 11 is 0. The number of sulfonamides is 1. The second-order valence-corrected chi connectivity index (χ2v) is 8.59. The molecular formula is C23H22N4O5S. The average Bonchev–Trinajstić information content (AvgIpc) is 3.22. The molecule has 0 unspecified atom stereocenters. The smallest absolute Gasteiger partial charge is 0.343 e. The quantitative estimate of drug-likeness (QED) is 0.393. The first kappa shape index (κ1) is 22.3. The van der Waals surface area contributed by atoms with Crippen LogP contribution < -0.4 is 9.46 Å². The third kappa shape index (κ3) is 4.65. The number of carbonyl (C=O) groups excluding carboxylic acids is 1. The summed E-state index contributed by atoms with van der Waals surface area (Å²) in [6, 6.07) is 17.0. The summed E-state index contributed by atoms with van der Waals surface area (Å²) in [7, 11) is -4.06. The maximum atomic E-state index is 13.1. The fourth-order valence-corrected chi connectivity index (χ4v) is 4.28. The molecule has 4 rings (SSSR count). The zero-order valence-corrected chi connectivity index (χ0v) is 18.9. The average molecular weight is 467 g/mol. The predicted molar refractivity (Wildman–Crippen MR) is 123 cm³/mol. The maximum absolute atomic E-state index is 13.1. The normalized spacial score (nSPS) is 11.3. The van der Waals surface area contributed by atoms with E-state index in [2.05, 4.69) is 14.8 Å². The maximum Gasteiger partial charge on any atom is 0.343 e. The number of ether oxygens (including phenoxy) is 2. The van der Waals surface area contributed by atoms with Gasteiger partial charge in [-0.3, -0.25) is 4.72 Å². The number of aromatic nitrogens is 3. The van der Waals surface area contributed by atoms with Crippen molar-refractivity contribution >= 4 is 32.7 Å². The van der Waals surface area contributed by atoms with Crippen LogP contribution in [0.4, 0.5) is 5.82 Å². The van der Waals surface area contributed by atoms with Gasteiger partial charge in [0.1, 0.15) is 11.3 Å². The highest BCUT2D eigenvalue weighted by molar-refractivity contribution is 7.92. The summed E-state index contributed by atoms with van der Waals surface area (Å²) in [5, 5.41) is 5.13. The van der Waals surface area contributed by atoms with E-state index in [1.807, 2.05) is 37.3 Å². The van der Waals surface area contributed by atoms with Crippen LogP contribution in [0, 0.1) is 0 Å². The topological polar surface area (TPSA) is 112 Å². The van der Waals surface area contributed by atoms with Gasteiger partial charge in [-0.1, -0.05) is 18.2 Å². The standard InChI is InChI=1S/C23H22N4O5S/c1-3-31-17-10-12-18(13-11-17)33(29,30)26-22-19(23(28)32-4-2)15-24-27(22)21-14-9-16-7-5-6-8-20(16)25-21/h5-15,26H,3-4H2,1-2H3. The van der Waals surface area contributed by atoms with Crippen LogP contribution in [-0.2, 0) is 14.8 Å². The molecule has 2 aromatic heterocycles. The summed E-state index contributed by atoms with van der Waals surface area (Å²) in [5.41, 5.74) is 0.671. The van der Waals surface area contributed by atoms with Crippen molar-refractivity contribution in [3.05, 3.63) is 72.4 Å². The summed E-state index contributed by atoms with van der Waals surface area (Å²) in [6.45, 7) is 4.09. The zero-order chi connectivity index (χ0) is 23.4. The van der Waals surface area contributed by atoms with E-state index in [0.29, 0.717) is 23.7 Å². The van der Waals surface area contributed by atoms with E-state index in [4.69, 9.17) is 9.47 Å². The molecule has 0 atom stereocenters. The lowest BCUT2D eigenvalue weighted by Gasteiger charge is -2.13. The van der Waals surface area contributed by atoms with Crippen LogP contribution in [0.5, 0.6) is 5.75 Å². The fraction of sp³-hybridized carbons (Fsp3) is 0.174. The zero-order valence-electron chi connectivity index (χ0n) is 18.1. The predicted octanol–water partition coefficient (Wildman–Crippen LogP) is 3.80. The van der Waals surface area contributed by atoms with Gasteiger partial charge >= 0.3 is 5.97 Å². The Balaban J connectivity index is 1.77. The lowest BCUT2D eigenvalue weighted by atomic mass is 10.2. The van der Waals surface area contributed by atoms with Crippen LogP contribution >= 0.6 is 0 Å². The SMILES string of the molecule is CCOC(=O)c1cnn(-c2ccc3ccccc3n2)c1NS(=O)(=O)c1ccc(OCC)cc1. The van der Waals surface area contributed by atoms with Crippen molar-refractivity contribution in [1.82, 2.24) is 14.8 Å². The summed E-state index contributed by atoms with van der Waals surface area (Å²) in [5.74, 6) is 0.127. The number of anilines is 1. The first-order chi connectivity index (χ1) is 15.9. The van der Waals surface area contributed by atoms with Crippen molar-refractivity contribution < 1.29 is 22.7 Å². The number of hydrogen-bond acceptors (Lipinski definition) is 7. The van der Waals surface area contributed by atoms with Gasteiger partial charge in [-0.15, -0.1) is 0 Å². The minimum absolute atomic E-state index is 0.0000161. The molecule has 170 valence electrons. The third-order valence-corrected chi connectivity index (χ3v) is 6.10. The number of rotatable bonds is 8. The van der Waals surface area contributed by atoms with E-state index in [9.17, 15) is 13.2 Å². The molecule has 9 nitrogen and oxygen atoms in total. The molecule has 0 aliphatic rings. The van der Waals surface area contributed by atoms with E-state index < -0.39 is 16.0 Å². The number of nitrogens with one attached hydrogen (secondary N) is 1. The molecule has 1 N–H and O–H groups in total. The molecule has 10 heteroatoms. The van der Waals surface area contributed by atoms with Crippen molar-refractivity contribution in [2.45, 2.75) is 18.7 Å². The Labute approximate surface area is 191 Å². The van der Waals surface area contributed by atoms with Gasteiger partial charge in [-0.2, -0.15) is 9.78 Å². The molecule has 0 bridgehead atoms. The highest BCUT2D eigenvalue weighted by Crippen LogP contribution is 2.26. The van der Waals surface area contributed by atoms with E-state index in [0.717, 1.165) is 5.39 Å². The van der Waals surface area contributed by atoms with Crippen molar-refractivity contribution in [3.63, 3.8) is 0 Å². The number of esters is 1. The number of pyridine rings is 1. The molecule has 0 spiro atoms. The Morgan fingerprint density at radius 3 is 2.48 bits per heavy atom. The minimum Gasteiger partial charge on any atom is -0.494 e. The lowest BCUT2D eigenvalue weighted by molar-refractivity contribution is 0.0527. The van der Waals surface area contributed by atoms with Gasteiger partial charge in [-0.25, -0.2) is 18.2 Å². The van der Waals surface area contributed by atoms with Crippen LogP contribution in [-0.4, -0.2) is 42.4 Å². The number of benzene rings is 2. The van der Waals surface area contributed by atoms with Crippen molar-refractivity contribution in [2.24, 2.45) is 0 Å². The second kappa shape index (κ2) is 9.29. The van der Waals surface area contributed by atoms with Crippen LogP contribution in [0.2, 0.25) is 0 Å². The molecule has 2 aromatic carbocycles. The largest absolute Gasteiger partial charge is 0.494 e. The highest BCUT2D eigenvalue weighted by atomic mass is 32.2. The molecule has 2 heterocycles. The van der Waals surface area contributed by atoms with Gasteiger partial charge in [0.15, 0.2) is 11.6 Å². The number of para-hydroxylation sites is 1. The number of fused-ring (bicyclic) bond motifs is 1. The van der Waals surface area contributed by atoms with Crippen LogP contribution in [0.25, 0.3) is 16.7 Å². The van der Waals surface area contributed by atoms with E-state index >= 15 is 0 Å². The van der Waals surface area contributed by atoms with Crippen molar-refractivity contribution in [2.75, 3.05) is 17.9 Å². The van der Waals surface area contributed by atoms with E-state index in [1.165, 1.54) is 23.0 Å². The first-order valence-corrected chi connectivity index (χ1v) is 11.8. The lowest BCUT2D eigenvalue weighted by Crippen LogP contribution is -2.19. The van der Waals surface area contributed by atoms with Gasteiger partial charge in [0.25, 0.3) is 10.0 Å². The molecule has 0 saturated heterocycles. The van der Waals surface area contributed by atoms with Gasteiger partial charge in [0.05, 0.1) is 29.8 Å². The second-order valence-electron chi connectivity index (χ2n) is 6.91. The fourth-order valence-electron chi connectivity index (χ4n) is 3.22. The van der Waals surface area contributed by atoms with E-state index in [-0.39, 0.29) is 22.9 Å². The summed E-state index contributed by atoms with van der Waals surface area (Å²) in [6.07, 6.45) is 1.25. The Kier molecular flexibility index (Phi) is 6.27. The number of nitrogens with zero attached hydrogens (tertiary/aromatic N) is 3. The molecule has 4 aromatic rings. The molecular weight excluding hydrogens is 444 g/mol.